The Bertz CT molecular complexity index is 322. The molecule has 0 aliphatic rings. The highest BCUT2D eigenvalue weighted by molar-refractivity contribution is 5.22. The largest absolute Gasteiger partial charge is 0.390 e. The zero-order chi connectivity index (χ0) is 12.9. The summed E-state index contributed by atoms with van der Waals surface area (Å²) >= 11 is 0. The van der Waals surface area contributed by atoms with Crippen molar-refractivity contribution in [1.82, 2.24) is 10.2 Å². The van der Waals surface area contributed by atoms with E-state index in [1.54, 1.807) is 0 Å². The predicted molar refractivity (Wildman–Crippen MR) is 72.0 cm³/mol. The third kappa shape index (κ3) is 4.86. The zero-order valence-corrected chi connectivity index (χ0v) is 11.3. The van der Waals surface area contributed by atoms with Crippen LogP contribution in [0.5, 0.6) is 0 Å². The highest BCUT2D eigenvalue weighted by atomic mass is 16.3. The van der Waals surface area contributed by atoms with Gasteiger partial charge in [-0.05, 0) is 33.5 Å². The van der Waals surface area contributed by atoms with Crippen molar-refractivity contribution in [3.63, 3.8) is 0 Å². The number of aliphatic hydroxyl groups excluding tert-OH is 1. The van der Waals surface area contributed by atoms with Crippen molar-refractivity contribution < 1.29 is 5.11 Å². The maximum Gasteiger partial charge on any atom is 0.0791 e. The van der Waals surface area contributed by atoms with Crippen molar-refractivity contribution >= 4 is 0 Å². The fourth-order valence-electron chi connectivity index (χ4n) is 1.82. The summed E-state index contributed by atoms with van der Waals surface area (Å²) in [4.78, 5) is 1.99. The van der Waals surface area contributed by atoms with E-state index in [1.165, 1.54) is 5.56 Å². The van der Waals surface area contributed by atoms with Crippen molar-refractivity contribution in [2.75, 3.05) is 27.2 Å². The van der Waals surface area contributed by atoms with Crippen LogP contribution < -0.4 is 5.32 Å². The normalized spacial score (nSPS) is 14.0. The molecule has 0 fully saturated rings. The first-order valence-electron chi connectivity index (χ1n) is 6.05. The molecule has 1 rings (SSSR count). The molecular formula is C14H24N2O. The van der Waals surface area contributed by atoms with Gasteiger partial charge in [0.05, 0.1) is 6.10 Å². The molecule has 0 aromatic heterocycles. The molecule has 0 heterocycles. The quantitative estimate of drug-likeness (QED) is 0.784. The summed E-state index contributed by atoms with van der Waals surface area (Å²) in [5, 5.41) is 13.2. The van der Waals surface area contributed by atoms with Gasteiger partial charge < -0.3 is 15.3 Å². The number of nitrogens with zero attached hydrogens (tertiary/aromatic N) is 1. The summed E-state index contributed by atoms with van der Waals surface area (Å²) in [5.74, 6) is 0. The molecular weight excluding hydrogens is 212 g/mol. The second-order valence-electron chi connectivity index (χ2n) is 5.29. The molecule has 0 saturated heterocycles. The maximum absolute atomic E-state index is 9.83. The summed E-state index contributed by atoms with van der Waals surface area (Å²) in [6, 6.07) is 10.3. The van der Waals surface area contributed by atoms with Crippen molar-refractivity contribution in [2.24, 2.45) is 0 Å². The number of hydrogen-bond donors (Lipinski definition) is 2. The Hall–Kier alpha value is -0.900. The lowest BCUT2D eigenvalue weighted by Crippen LogP contribution is -2.43. The van der Waals surface area contributed by atoms with E-state index in [4.69, 9.17) is 0 Å². The topological polar surface area (TPSA) is 35.5 Å². The molecule has 0 aliphatic heterocycles. The Balaban J connectivity index is 2.50. The van der Waals surface area contributed by atoms with Crippen LogP contribution in [0.25, 0.3) is 0 Å². The number of hydrogen-bond acceptors (Lipinski definition) is 3. The van der Waals surface area contributed by atoms with Gasteiger partial charge in [0.2, 0.25) is 0 Å². The molecule has 3 nitrogen and oxygen atoms in total. The van der Waals surface area contributed by atoms with Gasteiger partial charge in [-0.1, -0.05) is 30.3 Å². The molecule has 96 valence electrons. The SMILES string of the molecule is CN(C)CC(O)CNC(C)(C)c1ccccc1. The monoisotopic (exact) mass is 236 g/mol. The first kappa shape index (κ1) is 14.2. The first-order valence-corrected chi connectivity index (χ1v) is 6.05. The van der Waals surface area contributed by atoms with Crippen LogP contribution in [-0.2, 0) is 5.54 Å². The van der Waals surface area contributed by atoms with E-state index >= 15 is 0 Å². The van der Waals surface area contributed by atoms with Gasteiger partial charge in [-0.3, -0.25) is 0 Å². The summed E-state index contributed by atoms with van der Waals surface area (Å²) < 4.78 is 0. The third-order valence-electron chi connectivity index (χ3n) is 2.85. The maximum atomic E-state index is 9.83. The summed E-state index contributed by atoms with van der Waals surface area (Å²) in [6.07, 6.45) is -0.340. The van der Waals surface area contributed by atoms with Crippen LogP contribution in [0, 0.1) is 0 Å². The van der Waals surface area contributed by atoms with E-state index in [2.05, 4.69) is 31.3 Å². The van der Waals surface area contributed by atoms with Crippen molar-refractivity contribution in [1.29, 1.82) is 0 Å². The number of benzene rings is 1. The van der Waals surface area contributed by atoms with Crippen LogP contribution in [-0.4, -0.2) is 43.3 Å². The molecule has 1 atom stereocenters. The molecule has 1 aromatic carbocycles. The Labute approximate surface area is 104 Å². The van der Waals surface area contributed by atoms with E-state index in [0.717, 1.165) is 0 Å². The average molecular weight is 236 g/mol. The second kappa shape index (κ2) is 6.15. The van der Waals surface area contributed by atoms with Gasteiger partial charge in [-0.2, -0.15) is 0 Å². The van der Waals surface area contributed by atoms with Gasteiger partial charge in [0.1, 0.15) is 0 Å². The molecule has 0 radical (unpaired) electrons. The van der Waals surface area contributed by atoms with Crippen LogP contribution in [0.3, 0.4) is 0 Å². The van der Waals surface area contributed by atoms with Gasteiger partial charge in [-0.15, -0.1) is 0 Å². The summed E-state index contributed by atoms with van der Waals surface area (Å²) in [7, 11) is 3.93. The Morgan fingerprint density at radius 3 is 2.35 bits per heavy atom. The molecule has 0 bridgehead atoms. The summed E-state index contributed by atoms with van der Waals surface area (Å²) in [5.41, 5.74) is 1.12. The highest BCUT2D eigenvalue weighted by Crippen LogP contribution is 2.19. The number of rotatable bonds is 6. The van der Waals surface area contributed by atoms with Crippen LogP contribution in [0.4, 0.5) is 0 Å². The molecule has 2 N–H and O–H groups in total. The zero-order valence-electron chi connectivity index (χ0n) is 11.3. The Morgan fingerprint density at radius 2 is 1.82 bits per heavy atom. The smallest absolute Gasteiger partial charge is 0.0791 e. The lowest BCUT2D eigenvalue weighted by atomic mass is 9.94. The van der Waals surface area contributed by atoms with Gasteiger partial charge >= 0.3 is 0 Å². The predicted octanol–water partition coefficient (Wildman–Crippen LogP) is 1.43. The molecule has 0 saturated carbocycles. The molecule has 1 unspecified atom stereocenters. The fraction of sp³-hybridized carbons (Fsp3) is 0.571. The highest BCUT2D eigenvalue weighted by Gasteiger charge is 2.20. The molecule has 17 heavy (non-hydrogen) atoms. The van der Waals surface area contributed by atoms with Crippen molar-refractivity contribution in [3.05, 3.63) is 35.9 Å². The van der Waals surface area contributed by atoms with E-state index in [9.17, 15) is 5.11 Å². The van der Waals surface area contributed by atoms with E-state index in [0.29, 0.717) is 13.1 Å². The van der Waals surface area contributed by atoms with Crippen molar-refractivity contribution in [2.45, 2.75) is 25.5 Å². The standard InChI is InChI=1S/C14H24N2O/c1-14(2,12-8-6-5-7-9-12)15-10-13(17)11-16(3)4/h5-9,13,15,17H,10-11H2,1-4H3. The van der Waals surface area contributed by atoms with Gasteiger partial charge in [0.25, 0.3) is 0 Å². The minimum absolute atomic E-state index is 0.117. The number of nitrogens with one attached hydrogen (secondary N) is 1. The van der Waals surface area contributed by atoms with Crippen LogP contribution in [0.15, 0.2) is 30.3 Å². The summed E-state index contributed by atoms with van der Waals surface area (Å²) in [6.45, 7) is 5.54. The minimum atomic E-state index is -0.340. The minimum Gasteiger partial charge on any atom is -0.390 e. The lowest BCUT2D eigenvalue weighted by Gasteiger charge is -2.29. The van der Waals surface area contributed by atoms with Gasteiger partial charge in [0, 0.05) is 18.6 Å². The number of aliphatic hydroxyl groups is 1. The van der Waals surface area contributed by atoms with E-state index in [1.807, 2.05) is 37.2 Å². The number of likely N-dealkylation sites (N-methyl/N-ethyl adjacent to an activating group) is 1. The average Bonchev–Trinajstić information content (AvgIpc) is 2.27. The lowest BCUT2D eigenvalue weighted by molar-refractivity contribution is 0.125. The van der Waals surface area contributed by atoms with Crippen molar-refractivity contribution in [3.8, 4) is 0 Å². The van der Waals surface area contributed by atoms with Crippen LogP contribution in [0.2, 0.25) is 0 Å². The molecule has 0 spiro atoms. The van der Waals surface area contributed by atoms with Crippen LogP contribution >= 0.6 is 0 Å². The fourth-order valence-corrected chi connectivity index (χ4v) is 1.82. The second-order valence-corrected chi connectivity index (χ2v) is 5.29. The molecule has 1 aromatic rings. The van der Waals surface area contributed by atoms with Gasteiger partial charge in [0.15, 0.2) is 0 Å². The third-order valence-corrected chi connectivity index (χ3v) is 2.85. The first-order chi connectivity index (χ1) is 7.92. The molecule has 0 aliphatic carbocycles. The molecule has 0 amide bonds. The van der Waals surface area contributed by atoms with E-state index < -0.39 is 0 Å². The molecule has 3 heteroatoms. The Morgan fingerprint density at radius 1 is 1.24 bits per heavy atom. The Kier molecular flexibility index (Phi) is 5.12. The van der Waals surface area contributed by atoms with E-state index in [-0.39, 0.29) is 11.6 Å². The van der Waals surface area contributed by atoms with Crippen LogP contribution in [0.1, 0.15) is 19.4 Å². The van der Waals surface area contributed by atoms with Gasteiger partial charge in [-0.25, -0.2) is 0 Å².